The lowest BCUT2D eigenvalue weighted by atomic mass is 10.3. The fraction of sp³-hybridized carbons (Fsp3) is 0.263. The van der Waals surface area contributed by atoms with E-state index < -0.39 is 0 Å². The monoisotopic (exact) mass is 539 g/mol. The van der Waals surface area contributed by atoms with Gasteiger partial charge in [0.05, 0.1) is 5.75 Å². The lowest BCUT2D eigenvalue weighted by Gasteiger charge is -2.15. The molecule has 0 aliphatic heterocycles. The molecule has 3 rings (SSSR count). The zero-order chi connectivity index (χ0) is 20.8. The smallest absolute Gasteiger partial charge is 0.236 e. The van der Waals surface area contributed by atoms with Gasteiger partial charge in [0, 0.05) is 21.7 Å². The Kier molecular flexibility index (Phi) is 7.68. The lowest BCUT2D eigenvalue weighted by molar-refractivity contribution is -0.113. The Hall–Kier alpha value is -1.91. The van der Waals surface area contributed by atoms with E-state index in [1.165, 1.54) is 11.8 Å². The van der Waals surface area contributed by atoms with E-state index in [0.717, 1.165) is 14.7 Å². The highest BCUT2D eigenvalue weighted by Gasteiger charge is 2.19. The van der Waals surface area contributed by atoms with E-state index in [2.05, 4.69) is 52.4 Å². The van der Waals surface area contributed by atoms with Crippen molar-refractivity contribution in [3.05, 3.63) is 57.4 Å². The van der Waals surface area contributed by atoms with E-state index in [1.54, 1.807) is 12.3 Å². The van der Waals surface area contributed by atoms with Crippen LogP contribution in [-0.4, -0.2) is 31.4 Å². The van der Waals surface area contributed by atoms with Crippen molar-refractivity contribution in [1.29, 1.82) is 0 Å². The average Bonchev–Trinajstić information content (AvgIpc) is 3.13. The minimum Gasteiger partial charge on any atom is -0.483 e. The van der Waals surface area contributed by atoms with Gasteiger partial charge >= 0.3 is 0 Å². The van der Waals surface area contributed by atoms with E-state index >= 15 is 0 Å². The van der Waals surface area contributed by atoms with Crippen LogP contribution in [0.2, 0.25) is 0 Å². The van der Waals surface area contributed by atoms with Crippen LogP contribution in [0.5, 0.6) is 5.75 Å². The van der Waals surface area contributed by atoms with Gasteiger partial charge in [-0.25, -0.2) is 4.98 Å². The maximum Gasteiger partial charge on any atom is 0.236 e. The van der Waals surface area contributed by atoms with Crippen LogP contribution >= 0.6 is 43.6 Å². The van der Waals surface area contributed by atoms with Crippen LogP contribution in [-0.2, 0) is 11.3 Å². The molecule has 0 radical (unpaired) electrons. The molecule has 1 atom stereocenters. The molecule has 0 saturated carbocycles. The maximum absolute atomic E-state index is 12.2. The van der Waals surface area contributed by atoms with Gasteiger partial charge in [-0.15, -0.1) is 10.2 Å². The molecule has 1 N–H and O–H groups in total. The second-order valence-electron chi connectivity index (χ2n) is 6.00. The summed E-state index contributed by atoms with van der Waals surface area (Å²) in [5.74, 6) is 2.02. The zero-order valence-electron chi connectivity index (χ0n) is 15.8. The van der Waals surface area contributed by atoms with Crippen molar-refractivity contribution < 1.29 is 9.53 Å². The quantitative estimate of drug-likeness (QED) is 0.401. The molecule has 10 heteroatoms. The molecule has 0 bridgehead atoms. The second kappa shape index (κ2) is 10.2. The van der Waals surface area contributed by atoms with E-state index in [-0.39, 0.29) is 17.8 Å². The highest BCUT2D eigenvalue weighted by Crippen LogP contribution is 2.25. The number of amides is 1. The first-order valence-corrected chi connectivity index (χ1v) is 11.4. The third-order valence-electron chi connectivity index (χ3n) is 3.88. The number of hydrogen-bond donors (Lipinski definition) is 1. The first-order valence-electron chi connectivity index (χ1n) is 8.85. The van der Waals surface area contributed by atoms with Gasteiger partial charge in [-0.1, -0.05) is 27.7 Å². The van der Waals surface area contributed by atoms with Crippen LogP contribution in [0.1, 0.15) is 25.8 Å². The number of thioether (sulfide) groups is 1. The predicted molar refractivity (Wildman–Crippen MR) is 120 cm³/mol. The molecule has 3 aromatic rings. The molecule has 2 aromatic heterocycles. The molecule has 2 heterocycles. The first kappa shape index (κ1) is 21.8. The molecule has 1 unspecified atom stereocenters. The zero-order valence-corrected chi connectivity index (χ0v) is 19.8. The summed E-state index contributed by atoms with van der Waals surface area (Å²) in [5.41, 5.74) is 0. The van der Waals surface area contributed by atoms with Gasteiger partial charge in [-0.3, -0.25) is 4.79 Å². The number of rotatable bonds is 8. The van der Waals surface area contributed by atoms with Crippen molar-refractivity contribution in [2.24, 2.45) is 0 Å². The summed E-state index contributed by atoms with van der Waals surface area (Å²) in [6, 6.07) is 11.2. The highest BCUT2D eigenvalue weighted by molar-refractivity contribution is 9.10. The molecule has 0 spiro atoms. The Morgan fingerprint density at radius 3 is 2.55 bits per heavy atom. The number of hydrogen-bond acceptors (Lipinski definition) is 6. The summed E-state index contributed by atoms with van der Waals surface area (Å²) in [6.45, 7) is 4.61. The van der Waals surface area contributed by atoms with E-state index in [0.29, 0.717) is 23.3 Å². The third kappa shape index (κ3) is 6.03. The van der Waals surface area contributed by atoms with E-state index in [4.69, 9.17) is 4.74 Å². The van der Waals surface area contributed by atoms with E-state index in [9.17, 15) is 4.79 Å². The predicted octanol–water partition coefficient (Wildman–Crippen LogP) is 5.09. The summed E-state index contributed by atoms with van der Waals surface area (Å²) in [6.07, 6.45) is 1.36. The Bertz CT molecular complexity index is 964. The van der Waals surface area contributed by atoms with Crippen LogP contribution in [0.15, 0.2) is 56.7 Å². The number of carbonyl (C=O) groups excluding carboxylic acids is 1. The lowest BCUT2D eigenvalue weighted by Crippen LogP contribution is -2.16. The van der Waals surface area contributed by atoms with Gasteiger partial charge in [-0.2, -0.15) is 0 Å². The number of carbonyl (C=O) groups is 1. The molecule has 1 aromatic carbocycles. The van der Waals surface area contributed by atoms with Gasteiger partial charge in [0.1, 0.15) is 11.6 Å². The average molecular weight is 541 g/mol. The minimum atomic E-state index is -0.279. The highest BCUT2D eigenvalue weighted by atomic mass is 79.9. The van der Waals surface area contributed by atoms with Crippen LogP contribution in [0.25, 0.3) is 0 Å². The normalized spacial score (nSPS) is 11.9. The second-order valence-corrected chi connectivity index (χ2v) is 8.77. The molecule has 0 aliphatic rings. The molecule has 0 aliphatic carbocycles. The van der Waals surface area contributed by atoms with Crippen molar-refractivity contribution in [1.82, 2.24) is 19.7 Å². The number of nitrogens with one attached hydrogen (secondary N) is 1. The molecule has 7 nitrogen and oxygen atoms in total. The van der Waals surface area contributed by atoms with Crippen molar-refractivity contribution in [3.8, 4) is 5.75 Å². The van der Waals surface area contributed by atoms with Crippen LogP contribution < -0.4 is 10.1 Å². The summed E-state index contributed by atoms with van der Waals surface area (Å²) in [4.78, 5) is 16.3. The number of nitrogens with zero attached hydrogens (tertiary/aromatic N) is 4. The summed E-state index contributed by atoms with van der Waals surface area (Å²) in [7, 11) is 0. The summed E-state index contributed by atoms with van der Waals surface area (Å²) >= 11 is 8.06. The van der Waals surface area contributed by atoms with Gasteiger partial charge in [0.25, 0.3) is 0 Å². The molecule has 0 saturated heterocycles. The Morgan fingerprint density at radius 2 is 1.90 bits per heavy atom. The summed E-state index contributed by atoms with van der Waals surface area (Å²) in [5, 5.41) is 12.0. The molecular formula is C19H19Br2N5O2S. The van der Waals surface area contributed by atoms with Crippen molar-refractivity contribution >= 4 is 55.3 Å². The maximum atomic E-state index is 12.2. The number of halogens is 2. The van der Waals surface area contributed by atoms with Crippen LogP contribution in [0, 0.1) is 0 Å². The van der Waals surface area contributed by atoms with Crippen molar-refractivity contribution in [2.75, 3.05) is 11.1 Å². The number of aromatic nitrogens is 4. The van der Waals surface area contributed by atoms with Crippen molar-refractivity contribution in [2.45, 2.75) is 31.7 Å². The van der Waals surface area contributed by atoms with Crippen LogP contribution in [0.4, 0.5) is 5.82 Å². The number of benzene rings is 1. The van der Waals surface area contributed by atoms with Gasteiger partial charge < -0.3 is 14.6 Å². The largest absolute Gasteiger partial charge is 0.483 e. The molecule has 0 fully saturated rings. The van der Waals surface area contributed by atoms with Crippen molar-refractivity contribution in [3.63, 3.8) is 0 Å². The van der Waals surface area contributed by atoms with E-state index in [1.807, 2.05) is 48.7 Å². The Labute approximate surface area is 189 Å². The number of pyridine rings is 1. The van der Waals surface area contributed by atoms with Gasteiger partial charge in [0.15, 0.2) is 17.1 Å². The minimum absolute atomic E-state index is 0.156. The fourth-order valence-electron chi connectivity index (χ4n) is 2.53. The third-order valence-corrected chi connectivity index (χ3v) is 5.84. The topological polar surface area (TPSA) is 81.9 Å². The molecule has 29 heavy (non-hydrogen) atoms. The van der Waals surface area contributed by atoms with Gasteiger partial charge in [-0.05, 0) is 66.2 Å². The van der Waals surface area contributed by atoms with Gasteiger partial charge in [0.2, 0.25) is 5.91 Å². The Morgan fingerprint density at radius 1 is 1.17 bits per heavy atom. The number of anilines is 1. The molecule has 152 valence electrons. The number of ether oxygens (including phenoxy) is 1. The van der Waals surface area contributed by atoms with Crippen LogP contribution in [0.3, 0.4) is 0 Å². The Balaban J connectivity index is 1.61. The molecular weight excluding hydrogens is 522 g/mol. The fourth-order valence-corrected chi connectivity index (χ4v) is 3.84. The SMILES string of the molecule is CCn1c(SCC(=O)Nc2ccc(Br)cn2)nnc1C(C)Oc1ccc(Br)cc1. The molecule has 1 amide bonds. The first-order chi connectivity index (χ1) is 14.0. The summed E-state index contributed by atoms with van der Waals surface area (Å²) < 4.78 is 9.78. The standard InChI is InChI=1S/C19H19Br2N5O2S/c1-3-26-18(12(2)28-15-7-4-13(20)5-8-15)24-25-19(26)29-11-17(27)23-16-9-6-14(21)10-22-16/h4-10,12H,3,11H2,1-2H3,(H,22,23,27).